The molecule has 6 heteroatoms. The largest absolute Gasteiger partial charge is 0.331 e. The number of fused-ring (bicyclic) bond motifs is 1. The second kappa shape index (κ2) is 5.81. The van der Waals surface area contributed by atoms with Crippen LogP contribution in [0, 0.1) is 5.82 Å². The highest BCUT2D eigenvalue weighted by Crippen LogP contribution is 2.37. The number of hydrogen-bond acceptors (Lipinski definition) is 3. The first-order chi connectivity index (χ1) is 12.3. The van der Waals surface area contributed by atoms with Gasteiger partial charge in [0.05, 0.1) is 23.4 Å². The summed E-state index contributed by atoms with van der Waals surface area (Å²) in [6.45, 7) is 2.69. The number of benzene rings is 1. The molecule has 1 saturated carbocycles. The van der Waals surface area contributed by atoms with Crippen molar-refractivity contribution in [3.63, 3.8) is 0 Å². The zero-order valence-electron chi connectivity index (χ0n) is 14.0. The fraction of sp³-hybridized carbons (Fsp3) is 0.368. The number of imidazole rings is 1. The standard InChI is InChI=1S/C19H20FN5/c20-14-2-1-3-17(10-14)25-9-6-15(22-25)11-23-8-7-19-18(12-23)21-13-24(19)16-4-5-16/h1-3,6,9-10,13,16H,4-5,7-8,11-12H2. The van der Waals surface area contributed by atoms with Gasteiger partial charge in [0.15, 0.2) is 0 Å². The van der Waals surface area contributed by atoms with E-state index in [1.807, 2.05) is 24.7 Å². The van der Waals surface area contributed by atoms with Crippen molar-refractivity contribution in [2.45, 2.75) is 38.4 Å². The van der Waals surface area contributed by atoms with Gasteiger partial charge in [0.2, 0.25) is 0 Å². The van der Waals surface area contributed by atoms with Crippen LogP contribution in [-0.4, -0.2) is 30.8 Å². The third-order valence-corrected chi connectivity index (χ3v) is 5.06. The Labute approximate surface area is 145 Å². The number of hydrogen-bond donors (Lipinski definition) is 0. The first-order valence-electron chi connectivity index (χ1n) is 8.84. The molecule has 3 heterocycles. The summed E-state index contributed by atoms with van der Waals surface area (Å²) in [6, 6.07) is 9.20. The molecule has 3 aromatic rings. The Balaban J connectivity index is 1.30. The minimum atomic E-state index is -0.246. The Bertz CT molecular complexity index is 908. The van der Waals surface area contributed by atoms with Gasteiger partial charge in [-0.2, -0.15) is 5.10 Å². The van der Waals surface area contributed by atoms with Crippen molar-refractivity contribution in [3.8, 4) is 5.69 Å². The summed E-state index contributed by atoms with van der Waals surface area (Å²) in [6.07, 6.45) is 7.55. The summed E-state index contributed by atoms with van der Waals surface area (Å²) in [5, 5.41) is 4.60. The number of nitrogens with zero attached hydrogens (tertiary/aromatic N) is 5. The number of halogens is 1. The topological polar surface area (TPSA) is 38.9 Å². The highest BCUT2D eigenvalue weighted by atomic mass is 19.1. The van der Waals surface area contributed by atoms with E-state index in [1.165, 1.54) is 36.4 Å². The van der Waals surface area contributed by atoms with Crippen LogP contribution in [0.3, 0.4) is 0 Å². The number of rotatable bonds is 4. The van der Waals surface area contributed by atoms with Gasteiger partial charge in [-0.1, -0.05) is 6.07 Å². The molecule has 0 N–H and O–H groups in total. The third-order valence-electron chi connectivity index (χ3n) is 5.06. The van der Waals surface area contributed by atoms with Crippen LogP contribution in [-0.2, 0) is 19.5 Å². The predicted octanol–water partition coefficient (Wildman–Crippen LogP) is 3.10. The Morgan fingerprint density at radius 3 is 2.96 bits per heavy atom. The van der Waals surface area contributed by atoms with Gasteiger partial charge in [-0.3, -0.25) is 4.90 Å². The lowest BCUT2D eigenvalue weighted by atomic mass is 10.1. The SMILES string of the molecule is Fc1cccc(-n2ccc(CN3CCc4c(ncn4C4CC4)C3)n2)c1. The van der Waals surface area contributed by atoms with Crippen LogP contribution in [0.2, 0.25) is 0 Å². The molecule has 1 fully saturated rings. The fourth-order valence-electron chi connectivity index (χ4n) is 3.63. The zero-order valence-corrected chi connectivity index (χ0v) is 14.0. The smallest absolute Gasteiger partial charge is 0.125 e. The van der Waals surface area contributed by atoms with Crippen molar-refractivity contribution in [1.82, 2.24) is 24.2 Å². The van der Waals surface area contributed by atoms with E-state index < -0.39 is 0 Å². The van der Waals surface area contributed by atoms with E-state index in [-0.39, 0.29) is 5.82 Å². The summed E-state index contributed by atoms with van der Waals surface area (Å²) in [5.74, 6) is -0.246. The molecule has 2 aromatic heterocycles. The maximum Gasteiger partial charge on any atom is 0.125 e. The Hall–Kier alpha value is -2.47. The molecule has 1 aliphatic heterocycles. The maximum atomic E-state index is 13.4. The van der Waals surface area contributed by atoms with Crippen molar-refractivity contribution in [2.24, 2.45) is 0 Å². The summed E-state index contributed by atoms with van der Waals surface area (Å²) >= 11 is 0. The molecule has 128 valence electrons. The second-order valence-corrected chi connectivity index (χ2v) is 6.97. The molecular formula is C19H20FN5. The summed E-state index contributed by atoms with van der Waals surface area (Å²) in [4.78, 5) is 7.01. The predicted molar refractivity (Wildman–Crippen MR) is 91.8 cm³/mol. The van der Waals surface area contributed by atoms with E-state index in [9.17, 15) is 4.39 Å². The van der Waals surface area contributed by atoms with Crippen LogP contribution in [0.25, 0.3) is 5.69 Å². The molecule has 0 bridgehead atoms. The summed E-state index contributed by atoms with van der Waals surface area (Å²) in [7, 11) is 0. The van der Waals surface area contributed by atoms with E-state index in [1.54, 1.807) is 10.7 Å². The van der Waals surface area contributed by atoms with Gasteiger partial charge in [-0.15, -0.1) is 0 Å². The van der Waals surface area contributed by atoms with Gasteiger partial charge in [0.1, 0.15) is 5.82 Å². The summed E-state index contributed by atoms with van der Waals surface area (Å²) < 4.78 is 17.5. The Morgan fingerprint density at radius 2 is 2.12 bits per heavy atom. The minimum absolute atomic E-state index is 0.246. The molecular weight excluding hydrogens is 317 g/mol. The van der Waals surface area contributed by atoms with Gasteiger partial charge in [-0.25, -0.2) is 14.1 Å². The maximum absolute atomic E-state index is 13.4. The zero-order chi connectivity index (χ0) is 16.8. The summed E-state index contributed by atoms with van der Waals surface area (Å²) in [5.41, 5.74) is 4.37. The van der Waals surface area contributed by atoms with Gasteiger partial charge in [-0.05, 0) is 37.1 Å². The van der Waals surface area contributed by atoms with Crippen molar-refractivity contribution < 1.29 is 4.39 Å². The molecule has 1 aliphatic carbocycles. The van der Waals surface area contributed by atoms with Crippen LogP contribution < -0.4 is 0 Å². The van der Waals surface area contributed by atoms with Crippen molar-refractivity contribution in [2.75, 3.05) is 6.54 Å². The second-order valence-electron chi connectivity index (χ2n) is 6.97. The van der Waals surface area contributed by atoms with Crippen LogP contribution in [0.1, 0.15) is 36.0 Å². The monoisotopic (exact) mass is 337 g/mol. The van der Waals surface area contributed by atoms with Crippen molar-refractivity contribution in [3.05, 3.63) is 65.8 Å². The molecule has 1 aromatic carbocycles. The lowest BCUT2D eigenvalue weighted by Gasteiger charge is -2.26. The van der Waals surface area contributed by atoms with E-state index in [2.05, 4.69) is 19.5 Å². The molecule has 0 saturated heterocycles. The van der Waals surface area contributed by atoms with E-state index in [0.29, 0.717) is 6.04 Å². The molecule has 0 amide bonds. The fourth-order valence-corrected chi connectivity index (χ4v) is 3.63. The van der Waals surface area contributed by atoms with Gasteiger partial charge < -0.3 is 4.57 Å². The molecule has 2 aliphatic rings. The van der Waals surface area contributed by atoms with Crippen molar-refractivity contribution >= 4 is 0 Å². The van der Waals surface area contributed by atoms with Crippen LogP contribution in [0.4, 0.5) is 4.39 Å². The first-order valence-corrected chi connectivity index (χ1v) is 8.84. The van der Waals surface area contributed by atoms with E-state index in [0.717, 1.165) is 37.4 Å². The highest BCUT2D eigenvalue weighted by Gasteiger charge is 2.29. The quantitative estimate of drug-likeness (QED) is 0.734. The third kappa shape index (κ3) is 2.87. The molecule has 0 unspecified atom stereocenters. The van der Waals surface area contributed by atoms with E-state index in [4.69, 9.17) is 0 Å². The number of aromatic nitrogens is 4. The van der Waals surface area contributed by atoms with Crippen molar-refractivity contribution in [1.29, 1.82) is 0 Å². The Morgan fingerprint density at radius 1 is 1.20 bits per heavy atom. The van der Waals surface area contributed by atoms with Crippen LogP contribution >= 0.6 is 0 Å². The molecule has 0 radical (unpaired) electrons. The molecule has 5 rings (SSSR count). The molecule has 0 atom stereocenters. The average molecular weight is 337 g/mol. The lowest BCUT2D eigenvalue weighted by molar-refractivity contribution is 0.236. The normalized spacial score (nSPS) is 17.6. The molecule has 5 nitrogen and oxygen atoms in total. The van der Waals surface area contributed by atoms with Crippen LogP contribution in [0.15, 0.2) is 42.9 Å². The van der Waals surface area contributed by atoms with Gasteiger partial charge >= 0.3 is 0 Å². The van der Waals surface area contributed by atoms with Gasteiger partial charge in [0.25, 0.3) is 0 Å². The first kappa shape index (κ1) is 14.8. The highest BCUT2D eigenvalue weighted by molar-refractivity contribution is 5.31. The Kier molecular flexibility index (Phi) is 3.45. The van der Waals surface area contributed by atoms with Gasteiger partial charge in [0, 0.05) is 44.0 Å². The molecule has 0 spiro atoms. The minimum Gasteiger partial charge on any atom is -0.331 e. The lowest BCUT2D eigenvalue weighted by Crippen LogP contribution is -2.31. The van der Waals surface area contributed by atoms with Crippen LogP contribution in [0.5, 0.6) is 0 Å². The average Bonchev–Trinajstić information content (AvgIpc) is 3.20. The van der Waals surface area contributed by atoms with E-state index >= 15 is 0 Å². The molecule has 25 heavy (non-hydrogen) atoms.